The van der Waals surface area contributed by atoms with E-state index >= 15 is 0 Å². The van der Waals surface area contributed by atoms with Gasteiger partial charge in [0, 0.05) is 9.35 Å². The van der Waals surface area contributed by atoms with E-state index in [9.17, 15) is 0 Å². The van der Waals surface area contributed by atoms with Crippen LogP contribution in [-0.2, 0) is 0 Å². The van der Waals surface area contributed by atoms with Gasteiger partial charge in [-0.3, -0.25) is 0 Å². The first-order valence-electron chi connectivity index (χ1n) is 6.75. The van der Waals surface area contributed by atoms with E-state index in [2.05, 4.69) is 82.1 Å². The predicted molar refractivity (Wildman–Crippen MR) is 91.5 cm³/mol. The Morgan fingerprint density at radius 2 is 1.85 bits per heavy atom. The van der Waals surface area contributed by atoms with Crippen LogP contribution in [0.25, 0.3) is 10.8 Å². The van der Waals surface area contributed by atoms with Gasteiger partial charge in [-0.25, -0.2) is 0 Å². The van der Waals surface area contributed by atoms with Gasteiger partial charge in [-0.05, 0) is 40.4 Å². The van der Waals surface area contributed by atoms with Gasteiger partial charge in [0.05, 0.1) is 6.04 Å². The van der Waals surface area contributed by atoms with E-state index in [-0.39, 0.29) is 6.04 Å². The third-order valence-corrected chi connectivity index (χ3v) is 5.08. The van der Waals surface area contributed by atoms with Crippen LogP contribution in [0.4, 0.5) is 0 Å². The molecule has 3 heteroatoms. The van der Waals surface area contributed by atoms with Crippen molar-refractivity contribution in [3.8, 4) is 0 Å². The fourth-order valence-electron chi connectivity index (χ4n) is 2.56. The molecule has 0 aliphatic heterocycles. The second-order valence-electron chi connectivity index (χ2n) is 4.69. The van der Waals surface area contributed by atoms with Crippen LogP contribution >= 0.6 is 27.3 Å². The number of thiophene rings is 1. The van der Waals surface area contributed by atoms with Gasteiger partial charge in [0.15, 0.2) is 0 Å². The maximum atomic E-state index is 3.65. The Labute approximate surface area is 131 Å². The normalized spacial score (nSPS) is 12.7. The van der Waals surface area contributed by atoms with Gasteiger partial charge in [0.25, 0.3) is 0 Å². The Bertz CT molecular complexity index is 706. The maximum Gasteiger partial charge on any atom is 0.0676 e. The minimum atomic E-state index is 0.262. The van der Waals surface area contributed by atoms with Crippen LogP contribution in [0.5, 0.6) is 0 Å². The van der Waals surface area contributed by atoms with Gasteiger partial charge in [0.2, 0.25) is 0 Å². The van der Waals surface area contributed by atoms with E-state index in [1.54, 1.807) is 11.3 Å². The summed E-state index contributed by atoms with van der Waals surface area (Å²) < 4.78 is 1.15. The number of nitrogens with one attached hydrogen (secondary N) is 1. The Morgan fingerprint density at radius 1 is 1.05 bits per heavy atom. The molecule has 20 heavy (non-hydrogen) atoms. The molecule has 0 spiro atoms. The van der Waals surface area contributed by atoms with E-state index in [0.717, 1.165) is 11.0 Å². The summed E-state index contributed by atoms with van der Waals surface area (Å²) in [7, 11) is 0. The van der Waals surface area contributed by atoms with Gasteiger partial charge in [0.1, 0.15) is 0 Å². The zero-order chi connectivity index (χ0) is 13.9. The van der Waals surface area contributed by atoms with Crippen molar-refractivity contribution in [3.63, 3.8) is 0 Å². The summed E-state index contributed by atoms with van der Waals surface area (Å²) in [4.78, 5) is 1.36. The van der Waals surface area contributed by atoms with Crippen molar-refractivity contribution < 1.29 is 0 Å². The van der Waals surface area contributed by atoms with Crippen molar-refractivity contribution in [2.75, 3.05) is 6.54 Å². The first-order valence-corrected chi connectivity index (χ1v) is 8.42. The lowest BCUT2D eigenvalue weighted by Crippen LogP contribution is -2.21. The fraction of sp³-hybridized carbons (Fsp3) is 0.176. The molecule has 1 N–H and O–H groups in total. The van der Waals surface area contributed by atoms with Crippen molar-refractivity contribution in [2.24, 2.45) is 0 Å². The van der Waals surface area contributed by atoms with Crippen LogP contribution in [0.3, 0.4) is 0 Å². The molecule has 1 unspecified atom stereocenters. The number of fused-ring (bicyclic) bond motifs is 1. The highest BCUT2D eigenvalue weighted by Gasteiger charge is 2.17. The molecule has 1 aromatic heterocycles. The van der Waals surface area contributed by atoms with Crippen LogP contribution in [0, 0.1) is 0 Å². The molecule has 3 aromatic rings. The van der Waals surface area contributed by atoms with Crippen molar-refractivity contribution in [1.82, 2.24) is 5.32 Å². The van der Waals surface area contributed by atoms with Crippen molar-refractivity contribution in [2.45, 2.75) is 13.0 Å². The van der Waals surface area contributed by atoms with Gasteiger partial charge >= 0.3 is 0 Å². The van der Waals surface area contributed by atoms with E-state index in [1.165, 1.54) is 21.2 Å². The average molecular weight is 346 g/mol. The van der Waals surface area contributed by atoms with E-state index in [4.69, 9.17) is 0 Å². The molecule has 0 saturated heterocycles. The first kappa shape index (κ1) is 13.8. The number of hydrogen-bond donors (Lipinski definition) is 1. The molecule has 1 heterocycles. The fourth-order valence-corrected chi connectivity index (χ4v) is 3.86. The number of halogens is 1. The molecule has 0 bridgehead atoms. The highest BCUT2D eigenvalue weighted by molar-refractivity contribution is 9.10. The third kappa shape index (κ3) is 2.53. The zero-order valence-corrected chi connectivity index (χ0v) is 13.7. The summed E-state index contributed by atoms with van der Waals surface area (Å²) >= 11 is 5.45. The molecular formula is C17H16BrNS. The number of hydrogen-bond acceptors (Lipinski definition) is 2. The molecule has 3 rings (SSSR count). The number of benzene rings is 2. The summed E-state index contributed by atoms with van der Waals surface area (Å²) in [5, 5.41) is 8.32. The van der Waals surface area contributed by atoms with Crippen LogP contribution in [0.2, 0.25) is 0 Å². The quantitative estimate of drug-likeness (QED) is 0.670. The van der Waals surface area contributed by atoms with Crippen LogP contribution in [0.1, 0.15) is 23.4 Å². The Hall–Kier alpha value is -1.16. The van der Waals surface area contributed by atoms with E-state index in [1.807, 2.05) is 0 Å². The minimum absolute atomic E-state index is 0.262. The second kappa shape index (κ2) is 6.08. The highest BCUT2D eigenvalue weighted by atomic mass is 79.9. The molecule has 0 fully saturated rings. The standard InChI is InChI=1S/C17H16BrNS/c1-2-19-17(16-8-5-11-20-16)14-9-10-15(18)13-7-4-3-6-12(13)14/h3-11,17,19H,2H2,1H3. The first-order chi connectivity index (χ1) is 9.81. The lowest BCUT2D eigenvalue weighted by molar-refractivity contribution is 0.643. The van der Waals surface area contributed by atoms with Crippen LogP contribution in [0.15, 0.2) is 58.4 Å². The van der Waals surface area contributed by atoms with E-state index < -0.39 is 0 Å². The summed E-state index contributed by atoms with van der Waals surface area (Å²) in [5.41, 5.74) is 1.34. The predicted octanol–water partition coefficient (Wildman–Crippen LogP) is 5.36. The Morgan fingerprint density at radius 3 is 2.55 bits per heavy atom. The molecule has 0 aliphatic carbocycles. The largest absolute Gasteiger partial charge is 0.306 e. The Balaban J connectivity index is 2.19. The maximum absolute atomic E-state index is 3.65. The molecule has 0 aliphatic rings. The van der Waals surface area contributed by atoms with Crippen molar-refractivity contribution >= 4 is 38.0 Å². The third-order valence-electron chi connectivity index (χ3n) is 3.45. The molecular weight excluding hydrogens is 330 g/mol. The summed E-state index contributed by atoms with van der Waals surface area (Å²) in [6.07, 6.45) is 0. The molecule has 102 valence electrons. The molecule has 0 amide bonds. The SMILES string of the molecule is CCNC(c1cccs1)c1ccc(Br)c2ccccc12. The molecule has 0 saturated carbocycles. The molecule has 2 aromatic carbocycles. The average Bonchev–Trinajstić information content (AvgIpc) is 3.00. The molecule has 1 atom stereocenters. The lowest BCUT2D eigenvalue weighted by atomic mass is 9.97. The summed E-state index contributed by atoms with van der Waals surface area (Å²) in [6, 6.07) is 17.5. The topological polar surface area (TPSA) is 12.0 Å². The van der Waals surface area contributed by atoms with Crippen LogP contribution < -0.4 is 5.32 Å². The monoisotopic (exact) mass is 345 g/mol. The summed E-state index contributed by atoms with van der Waals surface area (Å²) in [5.74, 6) is 0. The van der Waals surface area contributed by atoms with Crippen LogP contribution in [-0.4, -0.2) is 6.54 Å². The van der Waals surface area contributed by atoms with Gasteiger partial charge in [-0.15, -0.1) is 11.3 Å². The zero-order valence-electron chi connectivity index (χ0n) is 11.3. The highest BCUT2D eigenvalue weighted by Crippen LogP contribution is 2.34. The van der Waals surface area contributed by atoms with E-state index in [0.29, 0.717) is 0 Å². The van der Waals surface area contributed by atoms with Gasteiger partial charge in [-0.2, -0.15) is 0 Å². The smallest absolute Gasteiger partial charge is 0.0676 e. The lowest BCUT2D eigenvalue weighted by Gasteiger charge is -2.19. The second-order valence-corrected chi connectivity index (χ2v) is 6.52. The van der Waals surface area contributed by atoms with Crippen molar-refractivity contribution in [3.05, 3.63) is 68.8 Å². The molecule has 1 nitrogen and oxygen atoms in total. The minimum Gasteiger partial charge on any atom is -0.306 e. The van der Waals surface area contributed by atoms with Crippen molar-refractivity contribution in [1.29, 1.82) is 0 Å². The summed E-state index contributed by atoms with van der Waals surface area (Å²) in [6.45, 7) is 3.11. The van der Waals surface area contributed by atoms with Gasteiger partial charge in [-0.1, -0.05) is 59.3 Å². The molecule has 0 radical (unpaired) electrons. The Kier molecular flexibility index (Phi) is 4.20. The van der Waals surface area contributed by atoms with Gasteiger partial charge < -0.3 is 5.32 Å². The number of rotatable bonds is 4.